The smallest absolute Gasteiger partial charge is 0.207 e. The lowest BCUT2D eigenvalue weighted by Gasteiger charge is -1.94. The largest absolute Gasteiger partial charge is 0.261 e. The van der Waals surface area contributed by atoms with E-state index in [4.69, 9.17) is 45.5 Å². The second kappa shape index (κ2) is 6.81. The monoisotopic (exact) mass is 308 g/mol. The van der Waals surface area contributed by atoms with Crippen LogP contribution in [0.3, 0.4) is 0 Å². The van der Waals surface area contributed by atoms with Crippen LogP contribution in [0.1, 0.15) is 5.56 Å². The normalized spacial score (nSPS) is 10.8. The molecule has 0 radical (unpaired) electrons. The maximum absolute atomic E-state index is 10.7. The van der Waals surface area contributed by atoms with E-state index >= 15 is 0 Å². The lowest BCUT2D eigenvalue weighted by atomic mass is 10.2. The fourth-order valence-corrected chi connectivity index (χ4v) is 1.47. The molecule has 0 amide bonds. The van der Waals surface area contributed by atoms with Crippen LogP contribution < -0.4 is 0 Å². The van der Waals surface area contributed by atoms with E-state index < -0.39 is 13.3 Å². The third-order valence-corrected chi connectivity index (χ3v) is 2.67. The van der Waals surface area contributed by atoms with E-state index in [-0.39, 0.29) is 4.90 Å². The fraction of sp³-hybridized carbons (Fsp3) is 0.250. The molecule has 0 N–H and O–H groups in total. The summed E-state index contributed by atoms with van der Waals surface area (Å²) in [6.45, 7) is 1.88. The Morgan fingerprint density at radius 2 is 1.40 bits per heavy atom. The van der Waals surface area contributed by atoms with E-state index in [0.717, 1.165) is 5.56 Å². The number of rotatable bonds is 1. The lowest BCUT2D eigenvalue weighted by Crippen LogP contribution is -1.89. The minimum atomic E-state index is -3.55. The summed E-state index contributed by atoms with van der Waals surface area (Å²) >= 11 is 14.4. The second-order valence-corrected chi connectivity index (χ2v) is 7.04. The highest BCUT2D eigenvalue weighted by Crippen LogP contribution is 2.14. The summed E-state index contributed by atoms with van der Waals surface area (Å²) in [5.41, 5.74) is 1.01. The highest BCUT2D eigenvalue weighted by atomic mass is 35.7. The van der Waals surface area contributed by atoms with Crippen LogP contribution in [-0.2, 0) is 9.05 Å². The molecule has 1 rings (SSSR count). The van der Waals surface area contributed by atoms with Crippen LogP contribution in [0.4, 0.5) is 0 Å². The van der Waals surface area contributed by atoms with E-state index in [1.54, 1.807) is 12.1 Å². The minimum Gasteiger partial charge on any atom is -0.207 e. The maximum Gasteiger partial charge on any atom is 0.261 e. The SMILES string of the molecule is Cc1ccc(S(=O)(=O)Cl)cc1.ClC(Cl)Cl. The zero-order chi connectivity index (χ0) is 12.1. The van der Waals surface area contributed by atoms with Crippen molar-refractivity contribution in [2.45, 2.75) is 16.1 Å². The van der Waals surface area contributed by atoms with Crippen molar-refractivity contribution in [1.29, 1.82) is 0 Å². The van der Waals surface area contributed by atoms with E-state index in [1.165, 1.54) is 12.1 Å². The molecule has 15 heavy (non-hydrogen) atoms. The van der Waals surface area contributed by atoms with Gasteiger partial charge in [0, 0.05) is 10.7 Å². The fourth-order valence-electron chi connectivity index (χ4n) is 0.701. The van der Waals surface area contributed by atoms with Crippen molar-refractivity contribution >= 4 is 54.5 Å². The van der Waals surface area contributed by atoms with Gasteiger partial charge in [0.15, 0.2) is 4.30 Å². The maximum atomic E-state index is 10.7. The molecule has 0 saturated heterocycles. The topological polar surface area (TPSA) is 34.1 Å². The Morgan fingerprint density at radius 3 is 1.67 bits per heavy atom. The first-order chi connectivity index (χ1) is 6.73. The summed E-state index contributed by atoms with van der Waals surface area (Å²) in [5.74, 6) is 0. The van der Waals surface area contributed by atoms with Gasteiger partial charge in [0.1, 0.15) is 0 Å². The number of hydrogen-bond donors (Lipinski definition) is 0. The zero-order valence-electron chi connectivity index (χ0n) is 7.62. The van der Waals surface area contributed by atoms with Crippen molar-refractivity contribution in [1.82, 2.24) is 0 Å². The molecule has 0 aliphatic carbocycles. The average molecular weight is 310 g/mol. The Balaban J connectivity index is 0.000000423. The van der Waals surface area contributed by atoms with Crippen molar-refractivity contribution in [2.24, 2.45) is 0 Å². The van der Waals surface area contributed by atoms with Crippen molar-refractivity contribution < 1.29 is 8.42 Å². The van der Waals surface area contributed by atoms with Crippen molar-refractivity contribution in [3.63, 3.8) is 0 Å². The minimum absolute atomic E-state index is 0.143. The van der Waals surface area contributed by atoms with Crippen LogP contribution in [0, 0.1) is 6.92 Å². The molecule has 0 unspecified atom stereocenters. The molecule has 0 aliphatic heterocycles. The van der Waals surface area contributed by atoms with Crippen molar-refractivity contribution in [3.8, 4) is 0 Å². The number of alkyl halides is 3. The standard InChI is InChI=1S/C7H7ClO2S.CHCl3/c1-6-2-4-7(5-3-6)11(8,9)10;2-1(3)4/h2-5H,1H3;1H. The van der Waals surface area contributed by atoms with Crippen LogP contribution in [0.2, 0.25) is 0 Å². The first kappa shape index (κ1) is 15.3. The van der Waals surface area contributed by atoms with Crippen LogP contribution in [-0.4, -0.2) is 12.7 Å². The highest BCUT2D eigenvalue weighted by molar-refractivity contribution is 8.13. The van der Waals surface area contributed by atoms with Crippen LogP contribution in [0.15, 0.2) is 29.2 Å². The van der Waals surface area contributed by atoms with Crippen molar-refractivity contribution in [3.05, 3.63) is 29.8 Å². The summed E-state index contributed by atoms with van der Waals surface area (Å²) < 4.78 is 20.7. The summed E-state index contributed by atoms with van der Waals surface area (Å²) in [4.78, 5) is 0.143. The molecule has 0 aliphatic rings. The Hall–Kier alpha value is 0.330. The summed E-state index contributed by atoms with van der Waals surface area (Å²) in [7, 11) is 1.54. The molecule has 0 bridgehead atoms. The van der Waals surface area contributed by atoms with Gasteiger partial charge in [-0.2, -0.15) is 0 Å². The Kier molecular flexibility index (Phi) is 6.96. The van der Waals surface area contributed by atoms with Gasteiger partial charge in [0.25, 0.3) is 9.05 Å². The van der Waals surface area contributed by atoms with Gasteiger partial charge >= 0.3 is 0 Å². The van der Waals surface area contributed by atoms with E-state index in [9.17, 15) is 8.42 Å². The van der Waals surface area contributed by atoms with Gasteiger partial charge in [0.05, 0.1) is 4.90 Å². The van der Waals surface area contributed by atoms with Crippen LogP contribution in [0.25, 0.3) is 0 Å². The Morgan fingerprint density at radius 1 is 1.07 bits per heavy atom. The number of benzene rings is 1. The molecule has 86 valence electrons. The summed E-state index contributed by atoms with van der Waals surface area (Å²) in [5, 5.41) is 0. The van der Waals surface area contributed by atoms with Crippen LogP contribution >= 0.6 is 45.5 Å². The van der Waals surface area contributed by atoms with Gasteiger partial charge in [-0.1, -0.05) is 52.5 Å². The van der Waals surface area contributed by atoms with Gasteiger partial charge in [-0.25, -0.2) is 8.42 Å². The molecule has 2 nitrogen and oxygen atoms in total. The molecule has 7 heteroatoms. The van der Waals surface area contributed by atoms with Crippen molar-refractivity contribution in [2.75, 3.05) is 0 Å². The van der Waals surface area contributed by atoms with Crippen LogP contribution in [0.5, 0.6) is 0 Å². The molecular weight excluding hydrogens is 302 g/mol. The lowest BCUT2D eigenvalue weighted by molar-refractivity contribution is 0.609. The molecular formula is C8H8Cl4O2S. The third-order valence-electron chi connectivity index (χ3n) is 1.30. The molecule has 0 heterocycles. The molecule has 0 fully saturated rings. The second-order valence-electron chi connectivity index (χ2n) is 2.50. The quantitative estimate of drug-likeness (QED) is 0.582. The molecule has 1 aromatic rings. The Labute approximate surface area is 109 Å². The molecule has 0 aromatic heterocycles. The average Bonchev–Trinajstić information content (AvgIpc) is 2.01. The van der Waals surface area contributed by atoms with E-state index in [1.807, 2.05) is 6.92 Å². The van der Waals surface area contributed by atoms with Gasteiger partial charge in [-0.3, -0.25) is 0 Å². The number of halogens is 4. The number of hydrogen-bond acceptors (Lipinski definition) is 2. The predicted molar refractivity (Wildman–Crippen MR) is 65.6 cm³/mol. The summed E-state index contributed by atoms with van der Waals surface area (Å²) in [6, 6.07) is 6.37. The van der Waals surface area contributed by atoms with Gasteiger partial charge in [-0.05, 0) is 19.1 Å². The molecule has 0 saturated carbocycles. The van der Waals surface area contributed by atoms with Gasteiger partial charge in [-0.15, -0.1) is 0 Å². The predicted octanol–water partition coefficient (Wildman–Crippen LogP) is 3.91. The zero-order valence-corrected chi connectivity index (χ0v) is 11.5. The molecule has 0 spiro atoms. The first-order valence-corrected chi connectivity index (χ1v) is 7.29. The van der Waals surface area contributed by atoms with E-state index in [2.05, 4.69) is 0 Å². The molecule has 0 atom stereocenters. The third kappa shape index (κ3) is 8.17. The summed E-state index contributed by atoms with van der Waals surface area (Å²) in [6.07, 6.45) is 0. The Bertz CT molecular complexity index is 383. The molecule has 1 aromatic carbocycles. The number of aryl methyl sites for hydroxylation is 1. The van der Waals surface area contributed by atoms with E-state index in [0.29, 0.717) is 0 Å². The van der Waals surface area contributed by atoms with Gasteiger partial charge in [0.2, 0.25) is 0 Å². The van der Waals surface area contributed by atoms with Gasteiger partial charge < -0.3 is 0 Å². The highest BCUT2D eigenvalue weighted by Gasteiger charge is 2.07. The first-order valence-electron chi connectivity index (χ1n) is 3.67.